The molecule has 0 aliphatic heterocycles. The fourth-order valence-electron chi connectivity index (χ4n) is 10.9. The Kier molecular flexibility index (Phi) is 8.71. The normalized spacial score (nSPS) is 14.7. The maximum Gasteiger partial charge on any atom is 0.0629 e. The highest BCUT2D eigenvalue weighted by atomic mass is 15.1. The molecule has 316 valence electrons. The van der Waals surface area contributed by atoms with Crippen LogP contribution in [0.15, 0.2) is 218 Å². The molecule has 0 fully saturated rings. The van der Waals surface area contributed by atoms with E-state index in [1.165, 1.54) is 66.7 Å². The molecular weight excluding hydrogens is 797 g/mol. The molecule has 12 rings (SSSR count). The number of fused-ring (bicyclic) bond motifs is 7. The Morgan fingerprint density at radius 2 is 0.909 bits per heavy atom. The first-order chi connectivity index (χ1) is 33.1. The topological polar surface area (TPSA) is 8.17 Å². The molecule has 0 amide bonds. The Hall–Kier alpha value is -7.94. The van der Waals surface area contributed by atoms with E-state index in [1.807, 2.05) is 24.3 Å². The molecule has 0 unspecified atom stereocenters. The molecule has 0 spiro atoms. The van der Waals surface area contributed by atoms with E-state index in [9.17, 15) is 2.74 Å². The molecule has 0 saturated carbocycles. The molecule has 2 heteroatoms. The van der Waals surface area contributed by atoms with E-state index < -0.39 is 0 Å². The van der Waals surface area contributed by atoms with Gasteiger partial charge in [-0.1, -0.05) is 198 Å². The van der Waals surface area contributed by atoms with Crippen LogP contribution in [0.2, 0.25) is 0 Å². The van der Waals surface area contributed by atoms with Crippen LogP contribution in [0.4, 0.5) is 17.1 Å². The van der Waals surface area contributed by atoms with Gasteiger partial charge in [0.25, 0.3) is 0 Å². The van der Waals surface area contributed by atoms with Crippen LogP contribution in [0.1, 0.15) is 63.8 Å². The van der Waals surface area contributed by atoms with Crippen molar-refractivity contribution in [3.8, 4) is 50.3 Å². The second-order valence-electron chi connectivity index (χ2n) is 18.8. The monoisotopic (exact) mass is 848 g/mol. The van der Waals surface area contributed by atoms with Crippen LogP contribution >= 0.6 is 0 Å². The third-order valence-corrected chi connectivity index (χ3v) is 14.2. The molecule has 0 saturated heterocycles. The van der Waals surface area contributed by atoms with Crippen LogP contribution in [-0.4, -0.2) is 4.57 Å². The summed E-state index contributed by atoms with van der Waals surface area (Å²) in [6.45, 7) is 9.23. The number of hydrogen-bond donors (Lipinski definition) is 0. The van der Waals surface area contributed by atoms with Crippen molar-refractivity contribution in [2.24, 2.45) is 0 Å². The minimum Gasteiger partial charge on any atom is -0.310 e. The summed E-state index contributed by atoms with van der Waals surface area (Å²) in [6, 6.07) is 78.0. The second kappa shape index (κ2) is 15.4. The Morgan fingerprint density at radius 1 is 0.409 bits per heavy atom. The third kappa shape index (κ3) is 6.31. The molecule has 0 N–H and O–H groups in total. The third-order valence-electron chi connectivity index (χ3n) is 14.2. The first-order valence-corrected chi connectivity index (χ1v) is 23.0. The van der Waals surface area contributed by atoms with E-state index in [0.29, 0.717) is 5.56 Å². The van der Waals surface area contributed by atoms with Crippen molar-refractivity contribution < 1.29 is 2.74 Å². The number of benzene rings is 9. The average molecular weight is 849 g/mol. The number of hydrogen-bond acceptors (Lipinski definition) is 1. The zero-order chi connectivity index (χ0) is 46.3. The van der Waals surface area contributed by atoms with Gasteiger partial charge >= 0.3 is 0 Å². The number of para-hydroxylation sites is 2. The molecule has 2 nitrogen and oxygen atoms in total. The van der Waals surface area contributed by atoms with Crippen molar-refractivity contribution in [2.75, 3.05) is 4.90 Å². The van der Waals surface area contributed by atoms with Gasteiger partial charge in [-0.25, -0.2) is 0 Å². The molecule has 0 radical (unpaired) electrons. The van der Waals surface area contributed by atoms with E-state index in [-0.39, 0.29) is 22.9 Å². The average Bonchev–Trinajstić information content (AvgIpc) is 3.93. The molecule has 0 atom stereocenters. The predicted molar refractivity (Wildman–Crippen MR) is 279 cm³/mol. The number of anilines is 3. The molecule has 2 aliphatic rings. The van der Waals surface area contributed by atoms with E-state index in [4.69, 9.17) is 0 Å². The molecule has 0 bridgehead atoms. The van der Waals surface area contributed by atoms with Crippen LogP contribution in [0.3, 0.4) is 0 Å². The van der Waals surface area contributed by atoms with Gasteiger partial charge in [0.1, 0.15) is 0 Å². The Balaban J connectivity index is 0.930. The van der Waals surface area contributed by atoms with Crippen molar-refractivity contribution in [2.45, 2.75) is 38.5 Å². The SMILES string of the molecule is [2H]/C(=C(/[2H])c1ccc2c(c1)C(C)(C)c1cc3c(cc1-2)c(-c1ccccc1)c(-c1ccccc1)n3-c1ccccc1)c1ccc(N(c2ccccc2)c2ccc3c(c2)C(C)(C)c2ccccc2-3)cc1. The standard InChI is InChI=1S/C64H50N2/c1-63(2)56-28-18-17-27-51(56)52-38-36-50(40-58(52)63)65(47-23-13-7-14-24-47)49-34-31-43(32-35-49)29-30-44-33-37-53-54-41-55-60(42-59(54)64(3,4)57(53)39-44)66(48-25-15-8-16-26-48)62(46-21-11-6-12-22-46)61(55)45-19-9-5-10-20-45/h5-42H,1-4H3/b30-29+/i29D,30D. The van der Waals surface area contributed by atoms with Crippen LogP contribution < -0.4 is 4.90 Å². The molecule has 1 aromatic heterocycles. The second-order valence-corrected chi connectivity index (χ2v) is 18.8. The Morgan fingerprint density at radius 3 is 1.64 bits per heavy atom. The fraction of sp³-hybridized carbons (Fsp3) is 0.0938. The van der Waals surface area contributed by atoms with Crippen LogP contribution in [0.5, 0.6) is 0 Å². The minimum absolute atomic E-state index is 0.126. The van der Waals surface area contributed by atoms with Crippen molar-refractivity contribution in [1.29, 1.82) is 0 Å². The van der Waals surface area contributed by atoms with Crippen molar-refractivity contribution >= 4 is 40.1 Å². The summed E-state index contributed by atoms with van der Waals surface area (Å²) in [4.78, 5) is 2.29. The quantitative estimate of drug-likeness (QED) is 0.138. The van der Waals surface area contributed by atoms with Gasteiger partial charge in [0.15, 0.2) is 0 Å². The molecule has 66 heavy (non-hydrogen) atoms. The lowest BCUT2D eigenvalue weighted by Gasteiger charge is -2.28. The summed E-state index contributed by atoms with van der Waals surface area (Å²) in [5.74, 6) is 0. The van der Waals surface area contributed by atoms with Crippen molar-refractivity contribution in [3.05, 3.63) is 252 Å². The summed E-state index contributed by atoms with van der Waals surface area (Å²) in [7, 11) is 0. The smallest absolute Gasteiger partial charge is 0.0629 e. The van der Waals surface area contributed by atoms with E-state index in [0.717, 1.165) is 39.4 Å². The van der Waals surface area contributed by atoms with Crippen molar-refractivity contribution in [1.82, 2.24) is 4.57 Å². The maximum atomic E-state index is 9.50. The first kappa shape index (κ1) is 37.4. The Labute approximate surface area is 391 Å². The summed E-state index contributed by atoms with van der Waals surface area (Å²) in [5.41, 5.74) is 21.1. The first-order valence-electron chi connectivity index (χ1n) is 24.0. The molecule has 1 heterocycles. The van der Waals surface area contributed by atoms with Gasteiger partial charge < -0.3 is 9.47 Å². The maximum absolute atomic E-state index is 9.50. The molecule has 10 aromatic rings. The minimum atomic E-state index is -0.360. The van der Waals surface area contributed by atoms with E-state index in [2.05, 4.69) is 231 Å². The molecule has 9 aromatic carbocycles. The van der Waals surface area contributed by atoms with E-state index in [1.54, 1.807) is 0 Å². The summed E-state index contributed by atoms with van der Waals surface area (Å²) in [5, 5.41) is 1.19. The lowest BCUT2D eigenvalue weighted by molar-refractivity contribution is 0.660. The van der Waals surface area contributed by atoms with Crippen molar-refractivity contribution in [3.63, 3.8) is 0 Å². The summed E-state index contributed by atoms with van der Waals surface area (Å²) >= 11 is 0. The van der Waals surface area contributed by atoms with Gasteiger partial charge in [-0.3, -0.25) is 0 Å². The summed E-state index contributed by atoms with van der Waals surface area (Å²) < 4.78 is 21.4. The van der Waals surface area contributed by atoms with Crippen LogP contribution in [-0.2, 0) is 10.8 Å². The predicted octanol–water partition coefficient (Wildman–Crippen LogP) is 17.2. The van der Waals surface area contributed by atoms with Gasteiger partial charge in [-0.15, -0.1) is 0 Å². The number of rotatable bonds is 8. The van der Waals surface area contributed by atoms with Gasteiger partial charge in [0.2, 0.25) is 0 Å². The Bertz CT molecular complexity index is 3610. The van der Waals surface area contributed by atoms with Gasteiger partial charge in [0, 0.05) is 44.5 Å². The highest BCUT2D eigenvalue weighted by Gasteiger charge is 2.38. The number of nitrogens with zero attached hydrogens (tertiary/aromatic N) is 2. The fourth-order valence-corrected chi connectivity index (χ4v) is 10.9. The lowest BCUT2D eigenvalue weighted by Crippen LogP contribution is -2.16. The zero-order valence-electron chi connectivity index (χ0n) is 39.7. The van der Waals surface area contributed by atoms with E-state index >= 15 is 0 Å². The summed E-state index contributed by atoms with van der Waals surface area (Å²) in [6.07, 6.45) is 0. The van der Waals surface area contributed by atoms with Gasteiger partial charge in [-0.05, 0) is 127 Å². The largest absolute Gasteiger partial charge is 0.310 e. The van der Waals surface area contributed by atoms with Crippen LogP contribution in [0.25, 0.3) is 73.3 Å². The zero-order valence-corrected chi connectivity index (χ0v) is 37.7. The molecule has 2 aliphatic carbocycles. The highest BCUT2D eigenvalue weighted by molar-refractivity contribution is 6.08. The van der Waals surface area contributed by atoms with Gasteiger partial charge in [0.05, 0.1) is 14.0 Å². The number of aromatic nitrogens is 1. The lowest BCUT2D eigenvalue weighted by atomic mass is 9.81. The van der Waals surface area contributed by atoms with Gasteiger partial charge in [-0.2, -0.15) is 0 Å². The van der Waals surface area contributed by atoms with Crippen LogP contribution in [0, 0.1) is 0 Å². The highest BCUT2D eigenvalue weighted by Crippen LogP contribution is 2.54. The molecular formula is C64H50N2.